The number of aliphatic carboxylic acids is 1. The monoisotopic (exact) mass is 414 g/mol. The van der Waals surface area contributed by atoms with Gasteiger partial charge in [0.05, 0.1) is 18.9 Å². The highest BCUT2D eigenvalue weighted by atomic mass is 16.5. The number of carboxylic acids is 1. The van der Waals surface area contributed by atoms with Crippen LogP contribution >= 0.6 is 0 Å². The molecule has 0 aromatic carbocycles. The molecular formula is C23H42O6. The Balaban J connectivity index is 4.99. The Labute approximate surface area is 176 Å². The van der Waals surface area contributed by atoms with Crippen LogP contribution in [0.3, 0.4) is 0 Å². The molecule has 6 heteroatoms. The van der Waals surface area contributed by atoms with E-state index in [0.717, 1.165) is 18.4 Å². The van der Waals surface area contributed by atoms with Crippen molar-refractivity contribution in [3.8, 4) is 0 Å². The van der Waals surface area contributed by atoms with Gasteiger partial charge in [-0.2, -0.15) is 0 Å². The Morgan fingerprint density at radius 1 is 0.966 bits per heavy atom. The zero-order valence-corrected chi connectivity index (χ0v) is 19.4. The second-order valence-electron chi connectivity index (χ2n) is 11.1. The molecule has 0 aliphatic rings. The molecule has 0 fully saturated rings. The van der Waals surface area contributed by atoms with Gasteiger partial charge in [0, 0.05) is 0 Å². The predicted octanol–water partition coefficient (Wildman–Crippen LogP) is 4.19. The summed E-state index contributed by atoms with van der Waals surface area (Å²) in [5.41, 5.74) is 1.14. The lowest BCUT2D eigenvalue weighted by Crippen LogP contribution is -2.29. The van der Waals surface area contributed by atoms with E-state index in [9.17, 15) is 14.7 Å². The summed E-state index contributed by atoms with van der Waals surface area (Å²) >= 11 is 0. The van der Waals surface area contributed by atoms with E-state index < -0.39 is 30.6 Å². The van der Waals surface area contributed by atoms with Gasteiger partial charge in [-0.15, -0.1) is 0 Å². The Kier molecular flexibility index (Phi) is 10.6. The summed E-state index contributed by atoms with van der Waals surface area (Å²) in [6.45, 7) is 18.8. The van der Waals surface area contributed by atoms with Crippen molar-refractivity contribution >= 4 is 11.9 Å². The molecule has 0 radical (unpaired) electrons. The van der Waals surface area contributed by atoms with Crippen molar-refractivity contribution in [2.75, 3.05) is 13.2 Å². The smallest absolute Gasteiger partial charge is 0.309 e. The van der Waals surface area contributed by atoms with Gasteiger partial charge >= 0.3 is 11.9 Å². The standard InChI is InChI=1S/C23H42O6/c1-16(11-22(5,6)15-23(7,8)14-21(2,3)4)9-17(10-19(26)27)20(28)29-13-18(25)12-24/h17-18,24-25H,1,9-15H2,2-8H3,(H,26,27). The van der Waals surface area contributed by atoms with E-state index >= 15 is 0 Å². The van der Waals surface area contributed by atoms with Crippen LogP contribution in [-0.4, -0.2) is 46.6 Å². The van der Waals surface area contributed by atoms with Crippen LogP contribution < -0.4 is 0 Å². The number of ether oxygens (including phenoxy) is 1. The second kappa shape index (κ2) is 11.1. The zero-order valence-electron chi connectivity index (χ0n) is 19.4. The Morgan fingerprint density at radius 2 is 1.52 bits per heavy atom. The van der Waals surface area contributed by atoms with Crippen molar-refractivity contribution in [3.05, 3.63) is 12.2 Å². The number of carbonyl (C=O) groups is 2. The molecule has 0 spiro atoms. The molecule has 2 atom stereocenters. The highest BCUT2D eigenvalue weighted by Crippen LogP contribution is 2.44. The summed E-state index contributed by atoms with van der Waals surface area (Å²) in [5, 5.41) is 27.3. The van der Waals surface area contributed by atoms with Crippen LogP contribution in [0.1, 0.15) is 80.6 Å². The maximum Gasteiger partial charge on any atom is 0.309 e. The molecule has 0 aliphatic carbocycles. The molecule has 0 aromatic rings. The molecule has 2 unspecified atom stereocenters. The second-order valence-corrected chi connectivity index (χ2v) is 11.1. The number of aliphatic hydroxyl groups is 2. The quantitative estimate of drug-likeness (QED) is 0.308. The maximum absolute atomic E-state index is 12.3. The van der Waals surface area contributed by atoms with E-state index in [4.69, 9.17) is 14.9 Å². The third kappa shape index (κ3) is 13.4. The first-order valence-electron chi connectivity index (χ1n) is 10.3. The van der Waals surface area contributed by atoms with Crippen LogP contribution in [0.15, 0.2) is 12.2 Å². The number of allylic oxidation sites excluding steroid dienone is 1. The normalized spacial score (nSPS) is 14.9. The molecule has 0 aliphatic heterocycles. The highest BCUT2D eigenvalue weighted by Gasteiger charge is 2.33. The van der Waals surface area contributed by atoms with Crippen LogP contribution in [-0.2, 0) is 14.3 Å². The number of hydrogen-bond acceptors (Lipinski definition) is 5. The van der Waals surface area contributed by atoms with Gasteiger partial charge in [0.2, 0.25) is 0 Å². The number of aliphatic hydroxyl groups excluding tert-OH is 2. The lowest BCUT2D eigenvalue weighted by molar-refractivity contribution is -0.156. The molecule has 0 amide bonds. The van der Waals surface area contributed by atoms with Gasteiger partial charge in [-0.1, -0.05) is 60.6 Å². The predicted molar refractivity (Wildman–Crippen MR) is 114 cm³/mol. The van der Waals surface area contributed by atoms with E-state index in [1.165, 1.54) is 0 Å². The first-order chi connectivity index (χ1) is 13.0. The minimum atomic E-state index is -1.17. The van der Waals surface area contributed by atoms with Gasteiger partial charge in [0.15, 0.2) is 0 Å². The molecule has 0 aromatic heterocycles. The molecule has 0 rings (SSSR count). The van der Waals surface area contributed by atoms with Crippen LogP contribution in [0.5, 0.6) is 0 Å². The summed E-state index contributed by atoms with van der Waals surface area (Å²) in [6, 6.07) is 0. The average molecular weight is 415 g/mol. The van der Waals surface area contributed by atoms with E-state index in [-0.39, 0.29) is 35.7 Å². The summed E-state index contributed by atoms with van der Waals surface area (Å²) in [4.78, 5) is 23.4. The Bertz CT molecular complexity index is 556. The number of carboxylic acid groups (broad SMARTS) is 1. The summed E-state index contributed by atoms with van der Waals surface area (Å²) in [5.74, 6) is -2.63. The van der Waals surface area contributed by atoms with Crippen molar-refractivity contribution < 1.29 is 29.6 Å². The third-order valence-electron chi connectivity index (χ3n) is 4.61. The maximum atomic E-state index is 12.3. The number of rotatable bonds is 13. The summed E-state index contributed by atoms with van der Waals surface area (Å²) < 4.78 is 4.97. The highest BCUT2D eigenvalue weighted by molar-refractivity contribution is 5.79. The molecule has 0 saturated carbocycles. The fourth-order valence-corrected chi connectivity index (χ4v) is 4.75. The molecule has 29 heavy (non-hydrogen) atoms. The van der Waals surface area contributed by atoms with Gasteiger partial charge in [-0.25, -0.2) is 0 Å². The van der Waals surface area contributed by atoms with Crippen LogP contribution in [0.4, 0.5) is 0 Å². The first-order valence-corrected chi connectivity index (χ1v) is 10.3. The molecule has 6 nitrogen and oxygen atoms in total. The number of esters is 1. The fourth-order valence-electron chi connectivity index (χ4n) is 4.75. The Hall–Kier alpha value is -1.40. The van der Waals surface area contributed by atoms with E-state index in [1.807, 2.05) is 0 Å². The van der Waals surface area contributed by atoms with Gasteiger partial charge in [0.1, 0.15) is 12.7 Å². The lowest BCUT2D eigenvalue weighted by atomic mass is 9.66. The molecular weight excluding hydrogens is 372 g/mol. The van der Waals surface area contributed by atoms with E-state index in [0.29, 0.717) is 6.42 Å². The lowest BCUT2D eigenvalue weighted by Gasteiger charge is -2.39. The summed E-state index contributed by atoms with van der Waals surface area (Å²) in [7, 11) is 0. The average Bonchev–Trinajstić information content (AvgIpc) is 2.46. The van der Waals surface area contributed by atoms with E-state index in [2.05, 4.69) is 55.0 Å². The van der Waals surface area contributed by atoms with E-state index in [1.54, 1.807) is 0 Å². The number of carbonyl (C=O) groups excluding carboxylic acids is 1. The molecule has 0 bridgehead atoms. The largest absolute Gasteiger partial charge is 0.481 e. The van der Waals surface area contributed by atoms with Crippen molar-refractivity contribution in [2.24, 2.45) is 22.2 Å². The fraction of sp³-hybridized carbons (Fsp3) is 0.826. The molecule has 170 valence electrons. The van der Waals surface area contributed by atoms with Gasteiger partial charge in [0.25, 0.3) is 0 Å². The number of hydrogen-bond donors (Lipinski definition) is 3. The van der Waals surface area contributed by atoms with Gasteiger partial charge in [-0.3, -0.25) is 9.59 Å². The van der Waals surface area contributed by atoms with Gasteiger partial charge in [-0.05, 0) is 41.9 Å². The van der Waals surface area contributed by atoms with Crippen LogP contribution in [0.2, 0.25) is 0 Å². The minimum absolute atomic E-state index is 0.0450. The van der Waals surface area contributed by atoms with Crippen molar-refractivity contribution in [3.63, 3.8) is 0 Å². The van der Waals surface area contributed by atoms with Gasteiger partial charge < -0.3 is 20.1 Å². The third-order valence-corrected chi connectivity index (χ3v) is 4.61. The van der Waals surface area contributed by atoms with Crippen LogP contribution in [0, 0.1) is 22.2 Å². The first kappa shape index (κ1) is 27.6. The molecule has 0 heterocycles. The summed E-state index contributed by atoms with van der Waals surface area (Å²) in [6.07, 6.45) is 1.44. The Morgan fingerprint density at radius 3 is 1.97 bits per heavy atom. The van der Waals surface area contributed by atoms with Crippen molar-refractivity contribution in [2.45, 2.75) is 86.7 Å². The van der Waals surface area contributed by atoms with Crippen molar-refractivity contribution in [1.29, 1.82) is 0 Å². The van der Waals surface area contributed by atoms with Crippen LogP contribution in [0.25, 0.3) is 0 Å². The SMILES string of the molecule is C=C(CC(CC(=O)O)C(=O)OCC(O)CO)CC(C)(C)CC(C)(C)CC(C)(C)C. The zero-order chi connectivity index (χ0) is 23.0. The molecule has 0 saturated heterocycles. The van der Waals surface area contributed by atoms with Crippen molar-refractivity contribution in [1.82, 2.24) is 0 Å². The molecule has 3 N–H and O–H groups in total. The minimum Gasteiger partial charge on any atom is -0.481 e. The topological polar surface area (TPSA) is 104 Å².